The maximum atomic E-state index is 13.0. The van der Waals surface area contributed by atoms with Crippen LogP contribution in [-0.2, 0) is 10.0 Å². The summed E-state index contributed by atoms with van der Waals surface area (Å²) in [5.74, 6) is -0.246. The third-order valence-corrected chi connectivity index (χ3v) is 6.97. The first kappa shape index (κ1) is 19.3. The minimum Gasteiger partial charge on any atom is -0.342 e. The number of hydrogen-bond acceptors (Lipinski definition) is 4. The summed E-state index contributed by atoms with van der Waals surface area (Å²) in [4.78, 5) is 14.4. The van der Waals surface area contributed by atoms with Crippen molar-refractivity contribution in [3.8, 4) is 0 Å². The van der Waals surface area contributed by atoms with Gasteiger partial charge in [-0.05, 0) is 44.2 Å². The molecule has 26 heavy (non-hydrogen) atoms. The van der Waals surface area contributed by atoms with Crippen LogP contribution >= 0.6 is 0 Å². The van der Waals surface area contributed by atoms with E-state index in [4.69, 9.17) is 0 Å². The third kappa shape index (κ3) is 4.27. The molecule has 0 aromatic heterocycles. The zero-order chi connectivity index (χ0) is 18.7. The van der Waals surface area contributed by atoms with Gasteiger partial charge in [-0.25, -0.2) is 13.1 Å². The fourth-order valence-corrected chi connectivity index (χ4v) is 5.48. The van der Waals surface area contributed by atoms with Crippen LogP contribution in [-0.4, -0.2) is 50.9 Å². The van der Waals surface area contributed by atoms with Gasteiger partial charge < -0.3 is 10.2 Å². The number of sulfonamides is 1. The molecule has 2 N–H and O–H groups in total. The molecule has 2 bridgehead atoms. The molecule has 6 nitrogen and oxygen atoms in total. The molecule has 7 heteroatoms. The monoisotopic (exact) mass is 379 g/mol. The minimum absolute atomic E-state index is 0.0697. The summed E-state index contributed by atoms with van der Waals surface area (Å²) in [7, 11) is -2.01. The Labute approximate surface area is 156 Å². The number of nitrogens with one attached hydrogen (secondary N) is 2. The molecule has 2 fully saturated rings. The average molecular weight is 380 g/mol. The number of nitrogens with zero attached hydrogens (tertiary/aromatic N) is 1. The molecule has 0 aliphatic carbocycles. The van der Waals surface area contributed by atoms with Gasteiger partial charge in [-0.15, -0.1) is 0 Å². The van der Waals surface area contributed by atoms with E-state index in [1.807, 2.05) is 0 Å². The van der Waals surface area contributed by atoms with Crippen LogP contribution in [0.15, 0.2) is 29.2 Å². The number of fused-ring (bicyclic) bond motifs is 2. The molecule has 2 saturated heterocycles. The average Bonchev–Trinajstić information content (AvgIpc) is 2.97. The lowest BCUT2D eigenvalue weighted by Crippen LogP contribution is -2.48. The highest BCUT2D eigenvalue weighted by atomic mass is 32.2. The number of amides is 1. The van der Waals surface area contributed by atoms with Crippen LogP contribution in [0.5, 0.6) is 0 Å². The number of benzene rings is 1. The van der Waals surface area contributed by atoms with Gasteiger partial charge in [0.25, 0.3) is 5.91 Å². The Bertz CT molecular complexity index is 738. The topological polar surface area (TPSA) is 78.5 Å². The molecular weight excluding hydrogens is 350 g/mol. The van der Waals surface area contributed by atoms with Crippen molar-refractivity contribution in [1.82, 2.24) is 14.9 Å². The van der Waals surface area contributed by atoms with Gasteiger partial charge in [0.2, 0.25) is 10.0 Å². The summed E-state index contributed by atoms with van der Waals surface area (Å²) < 4.78 is 28.8. The van der Waals surface area contributed by atoms with Gasteiger partial charge in [-0.1, -0.05) is 25.5 Å². The van der Waals surface area contributed by atoms with E-state index in [1.54, 1.807) is 30.1 Å². The van der Waals surface area contributed by atoms with E-state index in [2.05, 4.69) is 17.0 Å². The Morgan fingerprint density at radius 3 is 2.54 bits per heavy atom. The molecular formula is C19H29N3O3S. The number of unbranched alkanes of at least 4 members (excludes halogenated alkanes) is 1. The summed E-state index contributed by atoms with van der Waals surface area (Å²) in [5, 5.41) is 3.51. The SMILES string of the molecule is CCCCN(C)C(=O)c1ccccc1S(=O)(=O)NC1CC2CCC(C1)N2. The molecule has 0 saturated carbocycles. The first-order valence-corrected chi connectivity index (χ1v) is 11.0. The highest BCUT2D eigenvalue weighted by Gasteiger charge is 2.36. The van der Waals surface area contributed by atoms with E-state index >= 15 is 0 Å². The van der Waals surface area contributed by atoms with Crippen LogP contribution in [0.2, 0.25) is 0 Å². The lowest BCUT2D eigenvalue weighted by molar-refractivity contribution is 0.0789. The highest BCUT2D eigenvalue weighted by molar-refractivity contribution is 7.89. The van der Waals surface area contributed by atoms with E-state index in [9.17, 15) is 13.2 Å². The van der Waals surface area contributed by atoms with Gasteiger partial charge in [-0.2, -0.15) is 0 Å². The van der Waals surface area contributed by atoms with E-state index in [0.717, 1.165) is 38.5 Å². The van der Waals surface area contributed by atoms with Crippen LogP contribution in [0.4, 0.5) is 0 Å². The fraction of sp³-hybridized carbons (Fsp3) is 0.632. The zero-order valence-corrected chi connectivity index (χ0v) is 16.4. The maximum Gasteiger partial charge on any atom is 0.254 e. The summed E-state index contributed by atoms with van der Waals surface area (Å²) in [6.07, 6.45) is 5.72. The summed E-state index contributed by atoms with van der Waals surface area (Å²) in [6, 6.07) is 7.25. The second kappa shape index (κ2) is 8.06. The first-order valence-electron chi connectivity index (χ1n) is 9.53. The van der Waals surface area contributed by atoms with E-state index in [-0.39, 0.29) is 22.4 Å². The quantitative estimate of drug-likeness (QED) is 0.761. The second-order valence-corrected chi connectivity index (χ2v) is 9.19. The molecule has 1 amide bonds. The summed E-state index contributed by atoms with van der Waals surface area (Å²) in [5.41, 5.74) is 0.246. The van der Waals surface area contributed by atoms with Gasteiger partial charge in [-0.3, -0.25) is 4.79 Å². The van der Waals surface area contributed by atoms with Crippen molar-refractivity contribution < 1.29 is 13.2 Å². The van der Waals surface area contributed by atoms with E-state index < -0.39 is 10.0 Å². The highest BCUT2D eigenvalue weighted by Crippen LogP contribution is 2.28. The van der Waals surface area contributed by atoms with Gasteiger partial charge in [0.05, 0.1) is 10.5 Å². The maximum absolute atomic E-state index is 13.0. The van der Waals surface area contributed by atoms with Crippen LogP contribution in [0.1, 0.15) is 55.8 Å². The van der Waals surface area contributed by atoms with Crippen molar-refractivity contribution >= 4 is 15.9 Å². The van der Waals surface area contributed by atoms with E-state index in [1.165, 1.54) is 6.07 Å². The van der Waals surface area contributed by atoms with Crippen molar-refractivity contribution in [1.29, 1.82) is 0 Å². The van der Waals surface area contributed by atoms with Crippen molar-refractivity contribution in [2.45, 2.75) is 68.5 Å². The largest absolute Gasteiger partial charge is 0.342 e. The Kier molecular flexibility index (Phi) is 5.99. The molecule has 1 aromatic carbocycles. The Morgan fingerprint density at radius 2 is 1.88 bits per heavy atom. The van der Waals surface area contributed by atoms with Crippen molar-refractivity contribution in [3.05, 3.63) is 29.8 Å². The molecule has 2 aliphatic rings. The number of piperidine rings is 1. The molecule has 2 aliphatic heterocycles. The smallest absolute Gasteiger partial charge is 0.254 e. The molecule has 2 heterocycles. The van der Waals surface area contributed by atoms with Crippen LogP contribution in [0.25, 0.3) is 0 Å². The zero-order valence-electron chi connectivity index (χ0n) is 15.6. The Hall–Kier alpha value is -1.44. The minimum atomic E-state index is -3.73. The lowest BCUT2D eigenvalue weighted by Gasteiger charge is -2.29. The van der Waals surface area contributed by atoms with Gasteiger partial charge in [0, 0.05) is 31.7 Å². The number of hydrogen-bond donors (Lipinski definition) is 2. The van der Waals surface area contributed by atoms with Crippen molar-refractivity contribution in [2.24, 2.45) is 0 Å². The van der Waals surface area contributed by atoms with Gasteiger partial charge in [0.1, 0.15) is 0 Å². The number of rotatable bonds is 7. The number of carbonyl (C=O) groups is 1. The van der Waals surface area contributed by atoms with E-state index in [0.29, 0.717) is 18.6 Å². The van der Waals surface area contributed by atoms with Crippen LogP contribution in [0, 0.1) is 0 Å². The normalized spacial score (nSPS) is 25.2. The molecule has 0 spiro atoms. The summed E-state index contributed by atoms with van der Waals surface area (Å²) in [6.45, 7) is 2.68. The first-order chi connectivity index (χ1) is 12.4. The molecule has 144 valence electrons. The standard InChI is InChI=1S/C19H29N3O3S/c1-3-4-11-22(2)19(23)17-7-5-6-8-18(17)26(24,25)21-16-12-14-9-10-15(13-16)20-14/h5-8,14-16,20-21H,3-4,9-13H2,1-2H3. The summed E-state index contributed by atoms with van der Waals surface area (Å²) >= 11 is 0. The fourth-order valence-electron chi connectivity index (χ4n) is 4.02. The predicted octanol–water partition coefficient (Wildman–Crippen LogP) is 2.12. The Balaban J connectivity index is 1.78. The molecule has 0 radical (unpaired) electrons. The third-order valence-electron chi connectivity index (χ3n) is 5.40. The second-order valence-electron chi connectivity index (χ2n) is 7.50. The van der Waals surface area contributed by atoms with Crippen molar-refractivity contribution in [3.63, 3.8) is 0 Å². The molecule has 1 aromatic rings. The lowest BCUT2D eigenvalue weighted by atomic mass is 10.0. The Morgan fingerprint density at radius 1 is 1.23 bits per heavy atom. The molecule has 3 rings (SSSR count). The molecule has 2 atom stereocenters. The van der Waals surface area contributed by atoms with Crippen molar-refractivity contribution in [2.75, 3.05) is 13.6 Å². The van der Waals surface area contributed by atoms with Crippen LogP contribution < -0.4 is 10.0 Å². The van der Waals surface area contributed by atoms with Gasteiger partial charge in [0.15, 0.2) is 0 Å². The van der Waals surface area contributed by atoms with Crippen LogP contribution in [0.3, 0.4) is 0 Å². The predicted molar refractivity (Wildman–Crippen MR) is 102 cm³/mol. The number of carbonyl (C=O) groups excluding carboxylic acids is 1. The van der Waals surface area contributed by atoms with Gasteiger partial charge >= 0.3 is 0 Å². The molecule has 2 unspecified atom stereocenters.